The molecule has 10 nitrogen and oxygen atoms in total. The second kappa shape index (κ2) is 10.4. The van der Waals surface area contributed by atoms with Gasteiger partial charge in [0.1, 0.15) is 18.5 Å². The quantitative estimate of drug-likeness (QED) is 0.433. The molecular weight excluding hydrogens is 460 g/mol. The maximum absolute atomic E-state index is 12.8. The summed E-state index contributed by atoms with van der Waals surface area (Å²) in [5.41, 5.74) is 1.24. The number of esters is 1. The molecule has 0 bridgehead atoms. The van der Waals surface area contributed by atoms with E-state index in [1.165, 1.54) is 32.5 Å². The van der Waals surface area contributed by atoms with Crippen molar-refractivity contribution in [1.82, 2.24) is 19.2 Å². The lowest BCUT2D eigenvalue weighted by Crippen LogP contribution is -2.45. The van der Waals surface area contributed by atoms with Crippen molar-refractivity contribution in [1.29, 1.82) is 0 Å². The largest absolute Gasteiger partial charge is 0.459 e. The van der Waals surface area contributed by atoms with E-state index >= 15 is 0 Å². The summed E-state index contributed by atoms with van der Waals surface area (Å²) in [6.45, 7) is 6.10. The molecule has 184 valence electrons. The normalized spacial score (nSPS) is 12.9. The van der Waals surface area contributed by atoms with Gasteiger partial charge in [-0.25, -0.2) is 22.5 Å². The highest BCUT2D eigenvalue weighted by atomic mass is 32.2. The van der Waals surface area contributed by atoms with Crippen molar-refractivity contribution in [2.45, 2.75) is 51.3 Å². The summed E-state index contributed by atoms with van der Waals surface area (Å²) < 4.78 is 38.7. The highest BCUT2D eigenvalue weighted by molar-refractivity contribution is 7.89. The highest BCUT2D eigenvalue weighted by Gasteiger charge is 2.28. The summed E-state index contributed by atoms with van der Waals surface area (Å²) in [6, 6.07) is 6.99. The number of hydrogen-bond acceptors (Lipinski definition) is 7. The van der Waals surface area contributed by atoms with Crippen LogP contribution in [0.2, 0.25) is 0 Å². The Morgan fingerprint density at radius 2 is 1.97 bits per heavy atom. The molecular formula is C23H30N4O6S. The Hall–Kier alpha value is -3.18. The summed E-state index contributed by atoms with van der Waals surface area (Å²) in [6.07, 6.45) is 2.18. The maximum atomic E-state index is 12.8. The molecule has 0 saturated heterocycles. The van der Waals surface area contributed by atoms with Crippen LogP contribution in [0.15, 0.2) is 45.9 Å². The lowest BCUT2D eigenvalue weighted by Gasteiger charge is -2.20. The lowest BCUT2D eigenvalue weighted by atomic mass is 10.0. The van der Waals surface area contributed by atoms with Crippen LogP contribution in [0.1, 0.15) is 43.6 Å². The van der Waals surface area contributed by atoms with E-state index in [0.717, 1.165) is 16.2 Å². The van der Waals surface area contributed by atoms with Crippen LogP contribution in [0.4, 0.5) is 0 Å². The number of furan rings is 1. The Morgan fingerprint density at radius 1 is 1.24 bits per heavy atom. The first kappa shape index (κ1) is 25.4. The Labute approximate surface area is 198 Å². The maximum Gasteiger partial charge on any atom is 0.329 e. The van der Waals surface area contributed by atoms with Gasteiger partial charge in [0.05, 0.1) is 22.2 Å². The number of sulfonamides is 1. The summed E-state index contributed by atoms with van der Waals surface area (Å²) in [5.74, 6) is -0.731. The number of nitrogens with zero attached hydrogens (tertiary/aromatic N) is 3. The molecule has 34 heavy (non-hydrogen) atoms. The first-order valence-electron chi connectivity index (χ1n) is 11.0. The van der Waals surface area contributed by atoms with Crippen molar-refractivity contribution < 1.29 is 27.2 Å². The molecule has 1 atom stereocenters. The van der Waals surface area contributed by atoms with Gasteiger partial charge in [-0.15, -0.1) is 0 Å². The minimum Gasteiger partial charge on any atom is -0.459 e. The number of amides is 1. The van der Waals surface area contributed by atoms with Gasteiger partial charge in [0, 0.05) is 20.6 Å². The van der Waals surface area contributed by atoms with Gasteiger partial charge in [0.2, 0.25) is 10.0 Å². The Kier molecular flexibility index (Phi) is 7.78. The lowest BCUT2D eigenvalue weighted by molar-refractivity contribution is -0.148. The zero-order valence-electron chi connectivity index (χ0n) is 19.9. The number of aromatic nitrogens is 2. The number of fused-ring (bicyclic) bond motifs is 1. The molecule has 1 aromatic carbocycles. The van der Waals surface area contributed by atoms with E-state index in [1.54, 1.807) is 32.0 Å². The Morgan fingerprint density at radius 3 is 2.56 bits per heavy atom. The molecule has 0 spiro atoms. The summed E-state index contributed by atoms with van der Waals surface area (Å²) in [4.78, 5) is 29.8. The minimum absolute atomic E-state index is 0.103. The van der Waals surface area contributed by atoms with Gasteiger partial charge in [0.15, 0.2) is 5.76 Å². The van der Waals surface area contributed by atoms with Crippen LogP contribution in [-0.4, -0.2) is 54.3 Å². The molecule has 3 rings (SSSR count). The fourth-order valence-corrected chi connectivity index (χ4v) is 4.38. The average molecular weight is 491 g/mol. The second-order valence-electron chi connectivity index (χ2n) is 8.40. The van der Waals surface area contributed by atoms with E-state index in [1.807, 2.05) is 11.5 Å². The number of aryl methyl sites for hydroxylation is 1. The molecule has 0 aliphatic carbocycles. The van der Waals surface area contributed by atoms with Crippen LogP contribution in [-0.2, 0) is 32.7 Å². The third kappa shape index (κ3) is 5.31. The third-order valence-corrected chi connectivity index (χ3v) is 7.13. The van der Waals surface area contributed by atoms with Crippen molar-refractivity contribution >= 4 is 32.9 Å². The van der Waals surface area contributed by atoms with Gasteiger partial charge in [-0.1, -0.05) is 20.8 Å². The van der Waals surface area contributed by atoms with E-state index in [4.69, 9.17) is 9.15 Å². The predicted octanol–water partition coefficient (Wildman–Crippen LogP) is 2.79. The summed E-state index contributed by atoms with van der Waals surface area (Å²) in [5, 5.41) is 2.65. The van der Waals surface area contributed by atoms with E-state index in [-0.39, 0.29) is 23.2 Å². The number of benzene rings is 1. The standard InChI is InChI=1S/C23H30N4O6S/c1-6-11-27-18-10-9-16(34(30,31)26(4)5)13-17(18)24-20(27)14-33-23(29)21(15(2)3)25-22(28)19-8-7-12-32-19/h7-10,12-13,15,21H,6,11,14H2,1-5H3,(H,25,28). The van der Waals surface area contributed by atoms with Crippen molar-refractivity contribution in [2.24, 2.45) is 5.92 Å². The van der Waals surface area contributed by atoms with Gasteiger partial charge < -0.3 is 19.0 Å². The van der Waals surface area contributed by atoms with E-state index in [9.17, 15) is 18.0 Å². The molecule has 3 aromatic rings. The zero-order valence-corrected chi connectivity index (χ0v) is 20.8. The molecule has 0 aliphatic heterocycles. The molecule has 0 saturated carbocycles. The van der Waals surface area contributed by atoms with Gasteiger partial charge in [0.25, 0.3) is 5.91 Å². The number of nitrogens with one attached hydrogen (secondary N) is 1. The number of hydrogen-bond donors (Lipinski definition) is 1. The van der Waals surface area contributed by atoms with Crippen LogP contribution in [0, 0.1) is 5.92 Å². The first-order chi connectivity index (χ1) is 16.1. The van der Waals surface area contributed by atoms with E-state index in [2.05, 4.69) is 10.3 Å². The van der Waals surface area contributed by atoms with Crippen LogP contribution >= 0.6 is 0 Å². The summed E-state index contributed by atoms with van der Waals surface area (Å²) >= 11 is 0. The fourth-order valence-electron chi connectivity index (χ4n) is 3.46. The smallest absolute Gasteiger partial charge is 0.329 e. The van der Waals surface area contributed by atoms with Crippen LogP contribution in [0.25, 0.3) is 11.0 Å². The zero-order chi connectivity index (χ0) is 25.0. The Bertz CT molecular complexity index is 1260. The molecule has 0 radical (unpaired) electrons. The van der Waals surface area contributed by atoms with E-state index < -0.39 is 27.9 Å². The van der Waals surface area contributed by atoms with Crippen LogP contribution in [0.5, 0.6) is 0 Å². The molecule has 1 amide bonds. The number of carbonyl (C=O) groups excluding carboxylic acids is 2. The second-order valence-corrected chi connectivity index (χ2v) is 10.5. The molecule has 0 fully saturated rings. The SMILES string of the molecule is CCCn1c(COC(=O)C(NC(=O)c2ccco2)C(C)C)nc2cc(S(=O)(=O)N(C)C)ccc21. The van der Waals surface area contributed by atoms with Crippen molar-refractivity contribution in [3.63, 3.8) is 0 Å². The van der Waals surface area contributed by atoms with Gasteiger partial charge >= 0.3 is 5.97 Å². The first-order valence-corrected chi connectivity index (χ1v) is 12.4. The number of rotatable bonds is 10. The Balaban J connectivity index is 1.82. The van der Waals surface area contributed by atoms with Crippen LogP contribution in [0.3, 0.4) is 0 Å². The van der Waals surface area contributed by atoms with Crippen LogP contribution < -0.4 is 5.32 Å². The number of ether oxygens (including phenoxy) is 1. The predicted molar refractivity (Wildman–Crippen MR) is 125 cm³/mol. The number of imidazole rings is 1. The minimum atomic E-state index is -3.61. The van der Waals surface area contributed by atoms with E-state index in [0.29, 0.717) is 17.9 Å². The van der Waals surface area contributed by atoms with Gasteiger partial charge in [-0.05, 0) is 42.7 Å². The van der Waals surface area contributed by atoms with Crippen molar-refractivity contribution in [2.75, 3.05) is 14.1 Å². The molecule has 1 unspecified atom stereocenters. The summed E-state index contributed by atoms with van der Waals surface area (Å²) in [7, 11) is -0.674. The molecule has 0 aliphatic rings. The third-order valence-electron chi connectivity index (χ3n) is 5.32. The van der Waals surface area contributed by atoms with Crippen molar-refractivity contribution in [3.8, 4) is 0 Å². The molecule has 2 heterocycles. The number of carbonyl (C=O) groups is 2. The molecule has 11 heteroatoms. The average Bonchev–Trinajstić information content (AvgIpc) is 3.44. The topological polar surface area (TPSA) is 124 Å². The highest BCUT2D eigenvalue weighted by Crippen LogP contribution is 2.23. The molecule has 1 N–H and O–H groups in total. The monoisotopic (exact) mass is 490 g/mol. The van der Waals surface area contributed by atoms with Gasteiger partial charge in [-0.3, -0.25) is 4.79 Å². The molecule has 2 aromatic heterocycles. The van der Waals surface area contributed by atoms with Gasteiger partial charge in [-0.2, -0.15) is 0 Å². The fraction of sp³-hybridized carbons (Fsp3) is 0.435. The van der Waals surface area contributed by atoms with Crippen molar-refractivity contribution in [3.05, 3.63) is 48.2 Å².